The second-order valence-electron chi connectivity index (χ2n) is 6.36. The van der Waals surface area contributed by atoms with Crippen LogP contribution in [-0.2, 0) is 25.7 Å². The Balaban J connectivity index is 1.61. The summed E-state index contributed by atoms with van der Waals surface area (Å²) in [6.07, 6.45) is 1.57. The fourth-order valence-electron chi connectivity index (χ4n) is 3.50. The Bertz CT molecular complexity index is 623. The van der Waals surface area contributed by atoms with Crippen molar-refractivity contribution in [3.8, 4) is 0 Å². The van der Waals surface area contributed by atoms with Crippen molar-refractivity contribution in [1.82, 2.24) is 9.80 Å². The number of esters is 1. The van der Waals surface area contributed by atoms with Crippen LogP contribution in [-0.4, -0.2) is 53.8 Å². The quantitative estimate of drug-likeness (QED) is 0.613. The first-order valence-corrected chi connectivity index (χ1v) is 8.30. The summed E-state index contributed by atoms with van der Waals surface area (Å²) in [5.41, 5.74) is 0.948. The monoisotopic (exact) mass is 330 g/mol. The lowest BCUT2D eigenvalue weighted by molar-refractivity contribution is -0.147. The summed E-state index contributed by atoms with van der Waals surface area (Å²) in [5.74, 6) is -0.530. The highest BCUT2D eigenvalue weighted by atomic mass is 16.5. The van der Waals surface area contributed by atoms with E-state index >= 15 is 0 Å². The third-order valence-corrected chi connectivity index (χ3v) is 4.91. The number of carbonyl (C=O) groups is 3. The van der Waals surface area contributed by atoms with E-state index in [2.05, 4.69) is 0 Å². The Morgan fingerprint density at radius 1 is 1.17 bits per heavy atom. The highest BCUT2D eigenvalue weighted by Gasteiger charge is 2.43. The molecule has 0 aromatic heterocycles. The number of carbonyl (C=O) groups excluding carboxylic acids is 3. The van der Waals surface area contributed by atoms with Gasteiger partial charge in [0.05, 0.1) is 32.0 Å². The first-order chi connectivity index (χ1) is 11.6. The Morgan fingerprint density at radius 2 is 1.83 bits per heavy atom. The van der Waals surface area contributed by atoms with Gasteiger partial charge in [-0.25, -0.2) is 0 Å². The molecular weight excluding hydrogens is 308 g/mol. The zero-order chi connectivity index (χ0) is 17.1. The molecule has 3 rings (SSSR count). The maximum absolute atomic E-state index is 12.7. The molecule has 0 radical (unpaired) electrons. The van der Waals surface area contributed by atoms with Crippen LogP contribution in [0.5, 0.6) is 0 Å². The van der Waals surface area contributed by atoms with Crippen LogP contribution in [0.3, 0.4) is 0 Å². The summed E-state index contributed by atoms with van der Waals surface area (Å²) >= 11 is 0. The largest absolute Gasteiger partial charge is 0.469 e. The maximum Gasteiger partial charge on any atom is 0.308 e. The van der Waals surface area contributed by atoms with E-state index in [0.29, 0.717) is 32.5 Å². The van der Waals surface area contributed by atoms with E-state index < -0.39 is 0 Å². The summed E-state index contributed by atoms with van der Waals surface area (Å²) < 4.78 is 4.79. The van der Waals surface area contributed by atoms with Gasteiger partial charge in [0.25, 0.3) is 0 Å². The number of hydrogen-bond acceptors (Lipinski definition) is 5. The predicted octanol–water partition coefficient (Wildman–Crippen LogP) is 1.20. The number of rotatable bonds is 4. The van der Waals surface area contributed by atoms with Crippen molar-refractivity contribution in [3.05, 3.63) is 35.9 Å². The Labute approximate surface area is 141 Å². The van der Waals surface area contributed by atoms with Gasteiger partial charge < -0.3 is 4.74 Å². The van der Waals surface area contributed by atoms with Gasteiger partial charge >= 0.3 is 5.97 Å². The number of hydrogen-bond donors (Lipinski definition) is 0. The minimum absolute atomic E-state index is 0.0983. The number of piperidine rings is 1. The van der Waals surface area contributed by atoms with Crippen LogP contribution in [0.25, 0.3) is 0 Å². The SMILES string of the molecule is COC(=O)C1CCN([C@@H]2CC(=O)N(Cc3ccccc3)C2=O)CC1. The molecule has 0 aliphatic carbocycles. The van der Waals surface area contributed by atoms with Crippen LogP contribution in [0.4, 0.5) is 0 Å². The molecule has 6 nitrogen and oxygen atoms in total. The number of likely N-dealkylation sites (tertiary alicyclic amines) is 2. The number of ether oxygens (including phenoxy) is 1. The number of nitrogens with zero attached hydrogens (tertiary/aromatic N) is 2. The summed E-state index contributed by atoms with van der Waals surface area (Å²) in [6.45, 7) is 1.61. The third-order valence-electron chi connectivity index (χ3n) is 4.91. The lowest BCUT2D eigenvalue weighted by Gasteiger charge is -2.33. The number of imide groups is 1. The third kappa shape index (κ3) is 3.33. The van der Waals surface area contributed by atoms with Gasteiger partial charge in [0.2, 0.25) is 11.8 Å². The average molecular weight is 330 g/mol. The normalized spacial score (nSPS) is 22.9. The summed E-state index contributed by atoms with van der Waals surface area (Å²) in [7, 11) is 1.40. The molecule has 0 N–H and O–H groups in total. The topological polar surface area (TPSA) is 66.9 Å². The maximum atomic E-state index is 12.7. The first kappa shape index (κ1) is 16.6. The molecule has 2 fully saturated rings. The van der Waals surface area contributed by atoms with Crippen molar-refractivity contribution in [2.24, 2.45) is 5.92 Å². The zero-order valence-corrected chi connectivity index (χ0v) is 13.8. The zero-order valence-electron chi connectivity index (χ0n) is 13.8. The van der Waals surface area contributed by atoms with Gasteiger partial charge in [0, 0.05) is 0 Å². The number of methoxy groups -OCH3 is 1. The lowest BCUT2D eigenvalue weighted by atomic mass is 9.95. The molecule has 0 unspecified atom stereocenters. The van der Waals surface area contributed by atoms with E-state index in [-0.39, 0.29) is 36.2 Å². The second-order valence-corrected chi connectivity index (χ2v) is 6.36. The number of amides is 2. The summed E-state index contributed by atoms with van der Waals surface area (Å²) in [6, 6.07) is 9.14. The molecule has 1 aromatic rings. The van der Waals surface area contributed by atoms with Gasteiger partial charge in [0.1, 0.15) is 0 Å². The Morgan fingerprint density at radius 3 is 2.46 bits per heavy atom. The van der Waals surface area contributed by atoms with Gasteiger partial charge in [-0.1, -0.05) is 30.3 Å². The Kier molecular flexibility index (Phi) is 4.94. The average Bonchev–Trinajstić information content (AvgIpc) is 2.90. The van der Waals surface area contributed by atoms with Crippen LogP contribution in [0.2, 0.25) is 0 Å². The fraction of sp³-hybridized carbons (Fsp3) is 0.500. The van der Waals surface area contributed by atoms with Gasteiger partial charge in [-0.15, -0.1) is 0 Å². The van der Waals surface area contributed by atoms with E-state index in [1.54, 1.807) is 0 Å². The number of benzene rings is 1. The van der Waals surface area contributed by atoms with Gasteiger partial charge in [-0.2, -0.15) is 0 Å². The molecule has 1 aromatic carbocycles. The Hall–Kier alpha value is -2.21. The van der Waals surface area contributed by atoms with E-state index in [1.807, 2.05) is 35.2 Å². The minimum atomic E-state index is -0.389. The lowest BCUT2D eigenvalue weighted by Crippen LogP contribution is -2.46. The highest BCUT2D eigenvalue weighted by Crippen LogP contribution is 2.26. The molecule has 1 atom stereocenters. The fourth-order valence-corrected chi connectivity index (χ4v) is 3.50. The molecule has 0 saturated carbocycles. The second kappa shape index (κ2) is 7.13. The summed E-state index contributed by atoms with van der Waals surface area (Å²) in [4.78, 5) is 39.9. The molecule has 2 amide bonds. The molecule has 24 heavy (non-hydrogen) atoms. The minimum Gasteiger partial charge on any atom is -0.469 e. The molecule has 6 heteroatoms. The molecule has 2 aliphatic heterocycles. The van der Waals surface area contributed by atoms with Crippen LogP contribution >= 0.6 is 0 Å². The van der Waals surface area contributed by atoms with E-state index in [0.717, 1.165) is 5.56 Å². The van der Waals surface area contributed by atoms with Gasteiger partial charge in [-0.3, -0.25) is 24.2 Å². The molecule has 2 aliphatic rings. The van der Waals surface area contributed by atoms with Gasteiger partial charge in [0.15, 0.2) is 0 Å². The van der Waals surface area contributed by atoms with Crippen LogP contribution in [0.1, 0.15) is 24.8 Å². The summed E-state index contributed by atoms with van der Waals surface area (Å²) in [5, 5.41) is 0. The van der Waals surface area contributed by atoms with Gasteiger partial charge in [-0.05, 0) is 31.5 Å². The first-order valence-electron chi connectivity index (χ1n) is 8.30. The smallest absolute Gasteiger partial charge is 0.308 e. The molecule has 0 bridgehead atoms. The molecule has 128 valence electrons. The van der Waals surface area contributed by atoms with Crippen molar-refractivity contribution >= 4 is 17.8 Å². The van der Waals surface area contributed by atoms with Crippen molar-refractivity contribution in [2.75, 3.05) is 20.2 Å². The van der Waals surface area contributed by atoms with E-state index in [1.165, 1.54) is 12.0 Å². The van der Waals surface area contributed by atoms with Crippen molar-refractivity contribution in [1.29, 1.82) is 0 Å². The molecular formula is C18H22N2O4. The highest BCUT2D eigenvalue weighted by molar-refractivity contribution is 6.05. The van der Waals surface area contributed by atoms with Crippen molar-refractivity contribution in [2.45, 2.75) is 31.8 Å². The van der Waals surface area contributed by atoms with Crippen molar-refractivity contribution in [3.63, 3.8) is 0 Å². The standard InChI is InChI=1S/C18H22N2O4/c1-24-18(23)14-7-9-19(10-8-14)15-11-16(21)20(17(15)22)12-13-5-3-2-4-6-13/h2-6,14-15H,7-12H2,1H3/t15-/m1/s1. The van der Waals surface area contributed by atoms with Crippen LogP contribution < -0.4 is 0 Å². The van der Waals surface area contributed by atoms with Crippen molar-refractivity contribution < 1.29 is 19.1 Å². The van der Waals surface area contributed by atoms with Crippen LogP contribution in [0.15, 0.2) is 30.3 Å². The molecule has 0 spiro atoms. The molecule has 2 heterocycles. The van der Waals surface area contributed by atoms with Crippen LogP contribution in [0, 0.1) is 5.92 Å². The molecule has 2 saturated heterocycles. The van der Waals surface area contributed by atoms with E-state index in [4.69, 9.17) is 4.74 Å². The van der Waals surface area contributed by atoms with E-state index in [9.17, 15) is 14.4 Å². The predicted molar refractivity (Wildman–Crippen MR) is 86.7 cm³/mol.